The summed E-state index contributed by atoms with van der Waals surface area (Å²) in [5.41, 5.74) is 12.3. The lowest BCUT2D eigenvalue weighted by atomic mass is 9.98. The predicted octanol–water partition coefficient (Wildman–Crippen LogP) is 2.92. The lowest BCUT2D eigenvalue weighted by molar-refractivity contribution is 0.134. The Morgan fingerprint density at radius 1 is 1.20 bits per heavy atom. The monoisotopic (exact) mass is 268 g/mol. The zero-order chi connectivity index (χ0) is 13.9. The van der Waals surface area contributed by atoms with Crippen LogP contribution in [0.25, 0.3) is 0 Å². The number of aromatic nitrogens is 1. The average molecular weight is 268 g/mol. The third-order valence-corrected chi connectivity index (χ3v) is 3.90. The van der Waals surface area contributed by atoms with Crippen molar-refractivity contribution in [2.75, 3.05) is 0 Å². The first kappa shape index (κ1) is 13.3. The quantitative estimate of drug-likeness (QED) is 0.927. The molecule has 1 aliphatic rings. The predicted molar refractivity (Wildman–Crippen MR) is 79.2 cm³/mol. The Morgan fingerprint density at radius 2 is 2.05 bits per heavy atom. The summed E-state index contributed by atoms with van der Waals surface area (Å²) in [6.07, 6.45) is 3.73. The van der Waals surface area contributed by atoms with Gasteiger partial charge in [-0.25, -0.2) is 0 Å². The minimum absolute atomic E-state index is 0.0131. The molecule has 0 spiro atoms. The standard InChI is InChI=1S/C17H20N2O/c1-2-12-3-6-16(19-9-12)8-17(18)13-4-5-14-10-20-11-15(14)7-13/h3-7,9,17H,2,8,10-11,18H2,1H3. The molecule has 3 rings (SSSR count). The number of ether oxygens (including phenoxy) is 1. The maximum atomic E-state index is 6.31. The summed E-state index contributed by atoms with van der Waals surface area (Å²) in [5.74, 6) is 0. The molecule has 1 aromatic carbocycles. The Bertz CT molecular complexity index is 592. The van der Waals surface area contributed by atoms with E-state index in [2.05, 4.69) is 42.2 Å². The molecule has 0 bridgehead atoms. The number of rotatable bonds is 4. The molecule has 1 aromatic heterocycles. The largest absolute Gasteiger partial charge is 0.372 e. The molecule has 2 N–H and O–H groups in total. The van der Waals surface area contributed by atoms with Gasteiger partial charge in [-0.3, -0.25) is 4.98 Å². The molecule has 3 heteroatoms. The molecule has 20 heavy (non-hydrogen) atoms. The van der Waals surface area contributed by atoms with Crippen molar-refractivity contribution >= 4 is 0 Å². The molecule has 0 saturated carbocycles. The number of aryl methyl sites for hydroxylation is 1. The van der Waals surface area contributed by atoms with Gasteiger partial charge in [0, 0.05) is 24.4 Å². The van der Waals surface area contributed by atoms with Gasteiger partial charge in [0.1, 0.15) is 0 Å². The summed E-state index contributed by atoms with van der Waals surface area (Å²) in [6, 6.07) is 10.6. The van der Waals surface area contributed by atoms with E-state index >= 15 is 0 Å². The summed E-state index contributed by atoms with van der Waals surface area (Å²) in [4.78, 5) is 4.48. The molecule has 0 amide bonds. The Hall–Kier alpha value is -1.71. The summed E-state index contributed by atoms with van der Waals surface area (Å²) in [7, 11) is 0. The fourth-order valence-electron chi connectivity index (χ4n) is 2.55. The highest BCUT2D eigenvalue weighted by atomic mass is 16.5. The average Bonchev–Trinajstić information content (AvgIpc) is 2.95. The number of nitrogens with zero attached hydrogens (tertiary/aromatic N) is 1. The van der Waals surface area contributed by atoms with Crippen molar-refractivity contribution in [1.82, 2.24) is 4.98 Å². The van der Waals surface area contributed by atoms with Crippen LogP contribution in [0.4, 0.5) is 0 Å². The van der Waals surface area contributed by atoms with Crippen LogP contribution in [-0.2, 0) is 30.8 Å². The number of fused-ring (bicyclic) bond motifs is 1. The maximum absolute atomic E-state index is 6.31. The van der Waals surface area contributed by atoms with Crippen molar-refractivity contribution < 1.29 is 4.74 Å². The van der Waals surface area contributed by atoms with Gasteiger partial charge in [-0.15, -0.1) is 0 Å². The van der Waals surface area contributed by atoms with E-state index < -0.39 is 0 Å². The van der Waals surface area contributed by atoms with Crippen LogP contribution in [0.2, 0.25) is 0 Å². The van der Waals surface area contributed by atoms with Crippen LogP contribution >= 0.6 is 0 Å². The number of pyridine rings is 1. The topological polar surface area (TPSA) is 48.1 Å². The van der Waals surface area contributed by atoms with Gasteiger partial charge in [0.25, 0.3) is 0 Å². The van der Waals surface area contributed by atoms with Crippen LogP contribution < -0.4 is 5.73 Å². The van der Waals surface area contributed by atoms with E-state index in [0.717, 1.165) is 30.7 Å². The van der Waals surface area contributed by atoms with E-state index in [4.69, 9.17) is 10.5 Å². The molecule has 3 nitrogen and oxygen atoms in total. The number of hydrogen-bond donors (Lipinski definition) is 1. The fourth-order valence-corrected chi connectivity index (χ4v) is 2.55. The zero-order valence-electron chi connectivity index (χ0n) is 11.8. The van der Waals surface area contributed by atoms with Gasteiger partial charge in [-0.2, -0.15) is 0 Å². The molecular formula is C17H20N2O. The van der Waals surface area contributed by atoms with Crippen molar-refractivity contribution in [3.8, 4) is 0 Å². The van der Waals surface area contributed by atoms with Crippen LogP contribution in [0.1, 0.15) is 40.9 Å². The first-order chi connectivity index (χ1) is 9.76. The molecule has 1 atom stereocenters. The van der Waals surface area contributed by atoms with E-state index in [-0.39, 0.29) is 6.04 Å². The van der Waals surface area contributed by atoms with Crippen LogP contribution in [0.3, 0.4) is 0 Å². The SMILES string of the molecule is CCc1ccc(CC(N)c2ccc3c(c2)COC3)nc1. The van der Waals surface area contributed by atoms with Gasteiger partial charge in [0.15, 0.2) is 0 Å². The maximum Gasteiger partial charge on any atom is 0.0725 e. The summed E-state index contributed by atoms with van der Waals surface area (Å²) >= 11 is 0. The second kappa shape index (κ2) is 5.73. The van der Waals surface area contributed by atoms with E-state index in [0.29, 0.717) is 6.61 Å². The molecule has 0 radical (unpaired) electrons. The van der Waals surface area contributed by atoms with Crippen molar-refractivity contribution in [2.45, 2.75) is 39.0 Å². The molecule has 0 aliphatic carbocycles. The summed E-state index contributed by atoms with van der Waals surface area (Å²) in [5, 5.41) is 0. The van der Waals surface area contributed by atoms with Gasteiger partial charge < -0.3 is 10.5 Å². The van der Waals surface area contributed by atoms with Gasteiger partial charge in [0.05, 0.1) is 13.2 Å². The van der Waals surface area contributed by atoms with Crippen molar-refractivity contribution in [1.29, 1.82) is 0 Å². The Balaban J connectivity index is 1.73. The van der Waals surface area contributed by atoms with Crippen molar-refractivity contribution in [3.05, 3.63) is 64.5 Å². The molecular weight excluding hydrogens is 248 g/mol. The van der Waals surface area contributed by atoms with Crippen LogP contribution in [-0.4, -0.2) is 4.98 Å². The molecule has 0 fully saturated rings. The third-order valence-electron chi connectivity index (χ3n) is 3.90. The highest BCUT2D eigenvalue weighted by Gasteiger charge is 2.14. The summed E-state index contributed by atoms with van der Waals surface area (Å²) in [6.45, 7) is 3.57. The normalized spacial score (nSPS) is 15.1. The minimum Gasteiger partial charge on any atom is -0.372 e. The van der Waals surface area contributed by atoms with Crippen LogP contribution in [0.15, 0.2) is 36.5 Å². The molecule has 1 aliphatic heterocycles. The molecule has 1 unspecified atom stereocenters. The highest BCUT2D eigenvalue weighted by molar-refractivity contribution is 5.35. The fraction of sp³-hybridized carbons (Fsp3) is 0.353. The first-order valence-electron chi connectivity index (χ1n) is 7.15. The van der Waals surface area contributed by atoms with E-state index in [1.807, 2.05) is 6.20 Å². The van der Waals surface area contributed by atoms with E-state index in [1.165, 1.54) is 16.7 Å². The van der Waals surface area contributed by atoms with E-state index in [1.54, 1.807) is 0 Å². The van der Waals surface area contributed by atoms with Crippen LogP contribution in [0, 0.1) is 0 Å². The van der Waals surface area contributed by atoms with Crippen molar-refractivity contribution in [2.24, 2.45) is 5.73 Å². The Morgan fingerprint density at radius 3 is 2.80 bits per heavy atom. The molecule has 0 saturated heterocycles. The second-order valence-corrected chi connectivity index (χ2v) is 5.34. The zero-order valence-corrected chi connectivity index (χ0v) is 11.8. The minimum atomic E-state index is -0.0131. The molecule has 2 heterocycles. The Kier molecular flexibility index (Phi) is 3.81. The lowest BCUT2D eigenvalue weighted by Crippen LogP contribution is -2.14. The highest BCUT2D eigenvalue weighted by Crippen LogP contribution is 2.24. The van der Waals surface area contributed by atoms with E-state index in [9.17, 15) is 0 Å². The first-order valence-corrected chi connectivity index (χ1v) is 7.15. The smallest absolute Gasteiger partial charge is 0.0725 e. The van der Waals surface area contributed by atoms with Gasteiger partial charge >= 0.3 is 0 Å². The summed E-state index contributed by atoms with van der Waals surface area (Å²) < 4.78 is 5.44. The van der Waals surface area contributed by atoms with Crippen molar-refractivity contribution in [3.63, 3.8) is 0 Å². The van der Waals surface area contributed by atoms with Gasteiger partial charge in [0.2, 0.25) is 0 Å². The van der Waals surface area contributed by atoms with Crippen LogP contribution in [0.5, 0.6) is 0 Å². The van der Waals surface area contributed by atoms with Gasteiger partial charge in [-0.1, -0.05) is 31.2 Å². The number of nitrogens with two attached hydrogens (primary N) is 1. The molecule has 2 aromatic rings. The Labute approximate surface area is 119 Å². The molecule has 104 valence electrons. The third kappa shape index (κ3) is 2.74. The lowest BCUT2D eigenvalue weighted by Gasteiger charge is -2.13. The van der Waals surface area contributed by atoms with Gasteiger partial charge in [-0.05, 0) is 34.7 Å². The number of hydrogen-bond acceptors (Lipinski definition) is 3. The second-order valence-electron chi connectivity index (χ2n) is 5.34. The number of benzene rings is 1.